The van der Waals surface area contributed by atoms with E-state index >= 15 is 0 Å². The van der Waals surface area contributed by atoms with Gasteiger partial charge in [0.1, 0.15) is 0 Å². The number of nitrogens with one attached hydrogen (secondary N) is 1. The van der Waals surface area contributed by atoms with Crippen molar-refractivity contribution in [2.75, 3.05) is 5.32 Å². The van der Waals surface area contributed by atoms with Crippen molar-refractivity contribution in [1.82, 2.24) is 4.98 Å². The van der Waals surface area contributed by atoms with Crippen LogP contribution in [0, 0.1) is 6.92 Å². The number of aryl methyl sites for hydroxylation is 1. The van der Waals surface area contributed by atoms with Crippen LogP contribution < -0.4 is 5.32 Å². The van der Waals surface area contributed by atoms with Crippen LogP contribution >= 0.6 is 15.9 Å². The minimum Gasteiger partial charge on any atom is -0.324 e. The molecule has 92 valence electrons. The summed E-state index contributed by atoms with van der Waals surface area (Å²) in [4.78, 5) is 15.9. The molecule has 0 saturated carbocycles. The molecule has 0 atom stereocenters. The molecule has 0 aliphatic carbocycles. The van der Waals surface area contributed by atoms with Gasteiger partial charge in [-0.15, -0.1) is 0 Å². The highest BCUT2D eigenvalue weighted by Gasteiger charge is 2.06. The number of anilines is 1. The molecule has 18 heavy (non-hydrogen) atoms. The summed E-state index contributed by atoms with van der Waals surface area (Å²) in [5.74, 6) is -0.0378. The van der Waals surface area contributed by atoms with E-state index in [4.69, 9.17) is 0 Å². The maximum atomic E-state index is 11.9. The second-order valence-corrected chi connectivity index (χ2v) is 4.96. The predicted molar refractivity (Wildman–Crippen MR) is 75.4 cm³/mol. The van der Waals surface area contributed by atoms with Gasteiger partial charge in [-0.25, -0.2) is 0 Å². The van der Waals surface area contributed by atoms with Crippen molar-refractivity contribution in [3.8, 4) is 0 Å². The molecular weight excluding hydrogens is 292 g/mol. The number of carbonyl (C=O) groups is 1. The summed E-state index contributed by atoms with van der Waals surface area (Å²) in [6.45, 7) is 2.00. The van der Waals surface area contributed by atoms with E-state index in [9.17, 15) is 4.79 Å². The topological polar surface area (TPSA) is 42.0 Å². The quantitative estimate of drug-likeness (QED) is 0.945. The van der Waals surface area contributed by atoms with Gasteiger partial charge in [-0.3, -0.25) is 9.78 Å². The van der Waals surface area contributed by atoms with Crippen LogP contribution in [0.2, 0.25) is 0 Å². The highest BCUT2D eigenvalue weighted by molar-refractivity contribution is 9.10. The lowest BCUT2D eigenvalue weighted by atomic mass is 10.1. The Bertz CT molecular complexity index is 569. The normalized spacial score (nSPS) is 10.1. The standard InChI is InChI=1S/C14H13BrN2O/c1-10-4-2-3-5-11(10)6-14(18)17-13-7-12(15)8-16-9-13/h2-5,7-9H,6H2,1H3,(H,17,18). The van der Waals surface area contributed by atoms with E-state index in [1.807, 2.05) is 37.3 Å². The number of hydrogen-bond donors (Lipinski definition) is 1. The Balaban J connectivity index is 2.03. The van der Waals surface area contributed by atoms with Crippen molar-refractivity contribution < 1.29 is 4.79 Å². The molecule has 0 spiro atoms. The van der Waals surface area contributed by atoms with E-state index in [0.717, 1.165) is 15.6 Å². The number of hydrogen-bond acceptors (Lipinski definition) is 2. The van der Waals surface area contributed by atoms with Crippen LogP contribution in [0.5, 0.6) is 0 Å². The summed E-state index contributed by atoms with van der Waals surface area (Å²) in [6.07, 6.45) is 3.68. The zero-order chi connectivity index (χ0) is 13.0. The first-order chi connectivity index (χ1) is 8.65. The SMILES string of the molecule is Cc1ccccc1CC(=O)Nc1cncc(Br)c1. The first-order valence-electron chi connectivity index (χ1n) is 5.60. The summed E-state index contributed by atoms with van der Waals surface area (Å²) in [6, 6.07) is 9.70. The molecule has 1 heterocycles. The highest BCUT2D eigenvalue weighted by atomic mass is 79.9. The fourth-order valence-corrected chi connectivity index (χ4v) is 2.03. The van der Waals surface area contributed by atoms with Gasteiger partial charge in [-0.05, 0) is 40.0 Å². The molecule has 0 saturated heterocycles. The number of halogens is 1. The van der Waals surface area contributed by atoms with Gasteiger partial charge in [-0.2, -0.15) is 0 Å². The van der Waals surface area contributed by atoms with Crippen LogP contribution in [0.25, 0.3) is 0 Å². The summed E-state index contributed by atoms with van der Waals surface area (Å²) in [5.41, 5.74) is 2.86. The lowest BCUT2D eigenvalue weighted by Crippen LogP contribution is -2.15. The zero-order valence-corrected chi connectivity index (χ0v) is 11.6. The Kier molecular flexibility index (Phi) is 4.10. The van der Waals surface area contributed by atoms with Crippen molar-refractivity contribution in [3.05, 3.63) is 58.3 Å². The Hall–Kier alpha value is -1.68. The Labute approximate surface area is 114 Å². The first kappa shape index (κ1) is 12.8. The average Bonchev–Trinajstić information content (AvgIpc) is 2.32. The molecule has 1 aromatic carbocycles. The zero-order valence-electron chi connectivity index (χ0n) is 9.98. The molecule has 0 aliphatic rings. The molecule has 3 nitrogen and oxygen atoms in total. The van der Waals surface area contributed by atoms with E-state index < -0.39 is 0 Å². The summed E-state index contributed by atoms with van der Waals surface area (Å²) in [7, 11) is 0. The van der Waals surface area contributed by atoms with Crippen LogP contribution in [-0.4, -0.2) is 10.9 Å². The fourth-order valence-electron chi connectivity index (χ4n) is 1.67. The van der Waals surface area contributed by atoms with Crippen LogP contribution in [0.15, 0.2) is 47.2 Å². The van der Waals surface area contributed by atoms with Crippen molar-refractivity contribution in [2.45, 2.75) is 13.3 Å². The third-order valence-electron chi connectivity index (χ3n) is 2.60. The minimum atomic E-state index is -0.0378. The van der Waals surface area contributed by atoms with Crippen molar-refractivity contribution in [2.24, 2.45) is 0 Å². The number of nitrogens with zero attached hydrogens (tertiary/aromatic N) is 1. The molecule has 1 aromatic heterocycles. The predicted octanol–water partition coefficient (Wildman–Crippen LogP) is 3.33. The Morgan fingerprint density at radius 2 is 2.11 bits per heavy atom. The number of pyridine rings is 1. The van der Waals surface area contributed by atoms with Gasteiger partial charge in [0.25, 0.3) is 0 Å². The minimum absolute atomic E-state index is 0.0378. The third-order valence-corrected chi connectivity index (χ3v) is 3.03. The number of rotatable bonds is 3. The van der Waals surface area contributed by atoms with Gasteiger partial charge in [0.05, 0.1) is 18.3 Å². The lowest BCUT2D eigenvalue weighted by molar-refractivity contribution is -0.115. The maximum Gasteiger partial charge on any atom is 0.228 e. The number of benzene rings is 1. The molecule has 0 radical (unpaired) electrons. The summed E-state index contributed by atoms with van der Waals surface area (Å²) < 4.78 is 0.844. The second-order valence-electron chi connectivity index (χ2n) is 4.04. The molecule has 1 amide bonds. The van der Waals surface area contributed by atoms with E-state index in [1.54, 1.807) is 12.4 Å². The monoisotopic (exact) mass is 304 g/mol. The van der Waals surface area contributed by atoms with Gasteiger partial charge < -0.3 is 5.32 Å². The van der Waals surface area contributed by atoms with Gasteiger partial charge >= 0.3 is 0 Å². The van der Waals surface area contributed by atoms with Gasteiger partial charge in [0.15, 0.2) is 0 Å². The first-order valence-corrected chi connectivity index (χ1v) is 6.39. The second kappa shape index (κ2) is 5.78. The molecular formula is C14H13BrN2O. The van der Waals surface area contributed by atoms with Crippen molar-refractivity contribution in [1.29, 1.82) is 0 Å². The van der Waals surface area contributed by atoms with Gasteiger partial charge in [-0.1, -0.05) is 24.3 Å². The van der Waals surface area contributed by atoms with E-state index in [2.05, 4.69) is 26.2 Å². The summed E-state index contributed by atoms with van der Waals surface area (Å²) in [5, 5.41) is 2.83. The fraction of sp³-hybridized carbons (Fsp3) is 0.143. The largest absolute Gasteiger partial charge is 0.324 e. The molecule has 4 heteroatoms. The summed E-state index contributed by atoms with van der Waals surface area (Å²) >= 11 is 3.32. The number of amides is 1. The molecule has 0 aliphatic heterocycles. The van der Waals surface area contributed by atoms with Gasteiger partial charge in [0, 0.05) is 10.7 Å². The van der Waals surface area contributed by atoms with Crippen LogP contribution in [0.4, 0.5) is 5.69 Å². The maximum absolute atomic E-state index is 11.9. The van der Waals surface area contributed by atoms with Crippen LogP contribution in [-0.2, 0) is 11.2 Å². The highest BCUT2D eigenvalue weighted by Crippen LogP contribution is 2.14. The molecule has 0 fully saturated rings. The molecule has 1 N–H and O–H groups in total. The van der Waals surface area contributed by atoms with Crippen LogP contribution in [0.1, 0.15) is 11.1 Å². The van der Waals surface area contributed by atoms with E-state index in [0.29, 0.717) is 12.1 Å². The molecule has 0 unspecified atom stereocenters. The van der Waals surface area contributed by atoms with Gasteiger partial charge in [0.2, 0.25) is 5.91 Å². The van der Waals surface area contributed by atoms with Crippen molar-refractivity contribution in [3.63, 3.8) is 0 Å². The lowest BCUT2D eigenvalue weighted by Gasteiger charge is -2.07. The van der Waals surface area contributed by atoms with E-state index in [1.165, 1.54) is 0 Å². The Morgan fingerprint density at radius 1 is 1.33 bits per heavy atom. The molecule has 2 rings (SSSR count). The number of carbonyl (C=O) groups excluding carboxylic acids is 1. The Morgan fingerprint density at radius 3 is 2.83 bits per heavy atom. The van der Waals surface area contributed by atoms with E-state index in [-0.39, 0.29) is 5.91 Å². The van der Waals surface area contributed by atoms with Crippen molar-refractivity contribution >= 4 is 27.5 Å². The average molecular weight is 305 g/mol. The number of aromatic nitrogens is 1. The molecule has 2 aromatic rings. The van der Waals surface area contributed by atoms with Crippen LogP contribution in [0.3, 0.4) is 0 Å². The molecule has 0 bridgehead atoms. The third kappa shape index (κ3) is 3.40. The smallest absolute Gasteiger partial charge is 0.228 e.